The number of amides is 1. The Labute approximate surface area is 155 Å². The van der Waals surface area contributed by atoms with Crippen molar-refractivity contribution in [1.29, 1.82) is 0 Å². The van der Waals surface area contributed by atoms with E-state index >= 15 is 0 Å². The van der Waals surface area contributed by atoms with Crippen LogP contribution in [0.15, 0.2) is 36.4 Å². The molecule has 0 saturated heterocycles. The summed E-state index contributed by atoms with van der Waals surface area (Å²) in [6, 6.07) is 8.96. The molecule has 0 aliphatic heterocycles. The monoisotopic (exact) mass is 383 g/mol. The lowest BCUT2D eigenvalue weighted by Crippen LogP contribution is -3.10. The van der Waals surface area contributed by atoms with Gasteiger partial charge in [0.1, 0.15) is 11.5 Å². The first-order valence-electron chi connectivity index (χ1n) is 8.42. The first-order valence-corrected chi connectivity index (χ1v) is 8.42. The average molecular weight is 383 g/mol. The molecule has 0 spiro atoms. The summed E-state index contributed by atoms with van der Waals surface area (Å²) in [4.78, 5) is 12.8. The van der Waals surface area contributed by atoms with Crippen LogP contribution < -0.4 is 19.7 Å². The van der Waals surface area contributed by atoms with Crippen molar-refractivity contribution in [2.24, 2.45) is 0 Å². The lowest BCUT2D eigenvalue weighted by Gasteiger charge is -2.14. The first-order chi connectivity index (χ1) is 12.9. The van der Waals surface area contributed by atoms with Crippen LogP contribution in [0.25, 0.3) is 0 Å². The molecule has 0 radical (unpaired) electrons. The average Bonchev–Trinajstić information content (AvgIpc) is 2.66. The Morgan fingerprint density at radius 1 is 1.04 bits per heavy atom. The fourth-order valence-corrected chi connectivity index (χ4v) is 2.42. The molecule has 1 unspecified atom stereocenters. The van der Waals surface area contributed by atoms with Gasteiger partial charge in [-0.3, -0.25) is 4.79 Å². The van der Waals surface area contributed by atoms with Crippen LogP contribution >= 0.6 is 0 Å². The lowest BCUT2D eigenvalue weighted by molar-refractivity contribution is -0.871. The molecule has 2 aromatic rings. The molecule has 0 aromatic heterocycles. The van der Waals surface area contributed by atoms with Gasteiger partial charge in [0.05, 0.1) is 33.0 Å². The van der Waals surface area contributed by atoms with Gasteiger partial charge in [0.15, 0.2) is 24.0 Å². The van der Waals surface area contributed by atoms with Crippen molar-refractivity contribution in [1.82, 2.24) is 0 Å². The number of carbonyl (C=O) groups is 1. The van der Waals surface area contributed by atoms with E-state index in [-0.39, 0.29) is 12.2 Å². The number of methoxy groups -OCH3 is 1. The number of rotatable bonds is 9. The number of likely N-dealkylation sites (N-methyl/N-ethyl adjacent to an activating group) is 1. The summed E-state index contributed by atoms with van der Waals surface area (Å²) in [5.74, 6) is -3.34. The molecule has 0 aliphatic rings. The molecule has 0 fully saturated rings. The molecule has 8 heteroatoms. The third kappa shape index (κ3) is 6.18. The predicted octanol–water partition coefficient (Wildman–Crippen LogP) is 2.03. The smallest absolute Gasteiger partial charge is 0.279 e. The zero-order valence-corrected chi connectivity index (χ0v) is 15.2. The van der Waals surface area contributed by atoms with Gasteiger partial charge in [-0.25, -0.2) is 13.2 Å². The second-order valence-corrected chi connectivity index (χ2v) is 6.03. The Kier molecular flexibility index (Phi) is 7.48. The van der Waals surface area contributed by atoms with E-state index in [1.165, 1.54) is 0 Å². The normalized spacial score (nSPS) is 11.7. The first kappa shape index (κ1) is 20.6. The van der Waals surface area contributed by atoms with Crippen LogP contribution in [0.5, 0.6) is 11.5 Å². The number of nitrogens with one attached hydrogen (secondary N) is 2. The topological polar surface area (TPSA) is 52.0 Å². The van der Waals surface area contributed by atoms with E-state index in [1.54, 1.807) is 38.4 Å². The van der Waals surface area contributed by atoms with E-state index in [1.807, 2.05) is 0 Å². The maximum atomic E-state index is 13.6. The van der Waals surface area contributed by atoms with Gasteiger partial charge in [0.2, 0.25) is 0 Å². The van der Waals surface area contributed by atoms with Crippen molar-refractivity contribution in [2.75, 3.05) is 39.2 Å². The Morgan fingerprint density at radius 2 is 1.70 bits per heavy atom. The minimum atomic E-state index is -1.61. The summed E-state index contributed by atoms with van der Waals surface area (Å²) >= 11 is 0. The highest BCUT2D eigenvalue weighted by Gasteiger charge is 2.17. The van der Waals surface area contributed by atoms with Gasteiger partial charge in [-0.05, 0) is 36.4 Å². The maximum absolute atomic E-state index is 13.6. The predicted molar refractivity (Wildman–Crippen MR) is 94.7 cm³/mol. The molecule has 0 bridgehead atoms. The number of quaternary nitrogens is 1. The van der Waals surface area contributed by atoms with E-state index in [4.69, 9.17) is 9.47 Å². The zero-order valence-electron chi connectivity index (χ0n) is 15.2. The Morgan fingerprint density at radius 3 is 2.37 bits per heavy atom. The molecule has 1 atom stereocenters. The molecule has 5 nitrogen and oxygen atoms in total. The van der Waals surface area contributed by atoms with Crippen LogP contribution in [0.4, 0.5) is 18.9 Å². The third-order valence-corrected chi connectivity index (χ3v) is 3.85. The molecule has 2 N–H and O–H groups in total. The third-order valence-electron chi connectivity index (χ3n) is 3.85. The van der Waals surface area contributed by atoms with E-state index in [0.29, 0.717) is 19.6 Å². The van der Waals surface area contributed by atoms with E-state index < -0.39 is 23.4 Å². The Hall–Kier alpha value is -2.74. The molecule has 0 heterocycles. The van der Waals surface area contributed by atoms with Gasteiger partial charge in [0.25, 0.3) is 5.91 Å². The summed E-state index contributed by atoms with van der Waals surface area (Å²) < 4.78 is 50.3. The van der Waals surface area contributed by atoms with Crippen LogP contribution in [-0.4, -0.2) is 39.8 Å². The molecule has 146 valence electrons. The highest BCUT2D eigenvalue weighted by atomic mass is 19.2. The van der Waals surface area contributed by atoms with Gasteiger partial charge in [-0.1, -0.05) is 0 Å². The van der Waals surface area contributed by atoms with Crippen molar-refractivity contribution < 1.29 is 32.3 Å². The van der Waals surface area contributed by atoms with Gasteiger partial charge in [-0.2, -0.15) is 0 Å². The van der Waals surface area contributed by atoms with E-state index in [2.05, 4.69) is 5.32 Å². The minimum Gasteiger partial charge on any atom is -0.497 e. The number of anilines is 1. The van der Waals surface area contributed by atoms with Crippen molar-refractivity contribution in [2.45, 2.75) is 6.42 Å². The molecule has 2 rings (SSSR count). The lowest BCUT2D eigenvalue weighted by atomic mass is 10.2. The minimum absolute atomic E-state index is 0.0565. The van der Waals surface area contributed by atoms with Gasteiger partial charge in [0, 0.05) is 6.42 Å². The number of hydrogen-bond acceptors (Lipinski definition) is 3. The van der Waals surface area contributed by atoms with Gasteiger partial charge in [-0.15, -0.1) is 0 Å². The Bertz CT molecular complexity index is 770. The molecule has 0 aliphatic carbocycles. The van der Waals surface area contributed by atoms with Crippen LogP contribution in [0.1, 0.15) is 6.42 Å². The van der Waals surface area contributed by atoms with Crippen LogP contribution in [0.3, 0.4) is 0 Å². The fraction of sp³-hybridized carbons (Fsp3) is 0.316. The summed E-state index contributed by atoms with van der Waals surface area (Å²) in [6.45, 7) is 1.17. The van der Waals surface area contributed by atoms with Crippen molar-refractivity contribution in [3.05, 3.63) is 53.8 Å². The summed E-state index contributed by atoms with van der Waals surface area (Å²) in [5.41, 5.74) is -0.380. The highest BCUT2D eigenvalue weighted by molar-refractivity contribution is 5.91. The SMILES string of the molecule is COc1ccc(OCCC[NH+](C)CC(=O)Nc2ccc(F)c(F)c2F)cc1. The second kappa shape index (κ2) is 9.82. The Balaban J connectivity index is 1.71. The van der Waals surface area contributed by atoms with Crippen molar-refractivity contribution in [3.8, 4) is 11.5 Å². The molecular formula is C19H22F3N2O3+. The van der Waals surface area contributed by atoms with E-state index in [0.717, 1.165) is 28.5 Å². The van der Waals surface area contributed by atoms with Crippen molar-refractivity contribution >= 4 is 11.6 Å². The number of halogens is 3. The number of hydrogen-bond donors (Lipinski definition) is 2. The van der Waals surface area contributed by atoms with Crippen LogP contribution in [-0.2, 0) is 4.79 Å². The van der Waals surface area contributed by atoms with Crippen LogP contribution in [0, 0.1) is 17.5 Å². The van der Waals surface area contributed by atoms with Gasteiger partial charge < -0.3 is 19.7 Å². The highest BCUT2D eigenvalue weighted by Crippen LogP contribution is 2.19. The zero-order chi connectivity index (χ0) is 19.8. The number of benzene rings is 2. The molecular weight excluding hydrogens is 361 g/mol. The summed E-state index contributed by atoms with van der Waals surface area (Å²) in [7, 11) is 3.39. The molecule has 1 amide bonds. The largest absolute Gasteiger partial charge is 0.497 e. The maximum Gasteiger partial charge on any atom is 0.279 e. The quantitative estimate of drug-likeness (QED) is 0.515. The standard InChI is InChI=1S/C19H21F3N2O3/c1-24(10-3-11-27-14-6-4-13(26-2)5-7-14)12-17(25)23-16-9-8-15(20)18(21)19(16)22/h4-9H,3,10-12H2,1-2H3,(H,23,25)/p+1. The second-order valence-electron chi connectivity index (χ2n) is 6.03. The molecule has 0 saturated carbocycles. The summed E-state index contributed by atoms with van der Waals surface area (Å²) in [6.07, 6.45) is 0.699. The summed E-state index contributed by atoms with van der Waals surface area (Å²) in [5, 5.41) is 2.25. The fourth-order valence-electron chi connectivity index (χ4n) is 2.42. The van der Waals surface area contributed by atoms with E-state index in [9.17, 15) is 18.0 Å². The van der Waals surface area contributed by atoms with Gasteiger partial charge >= 0.3 is 0 Å². The van der Waals surface area contributed by atoms with Crippen LogP contribution in [0.2, 0.25) is 0 Å². The molecule has 27 heavy (non-hydrogen) atoms. The van der Waals surface area contributed by atoms with Crippen molar-refractivity contribution in [3.63, 3.8) is 0 Å². The number of ether oxygens (including phenoxy) is 2. The number of carbonyl (C=O) groups excluding carboxylic acids is 1. The molecule has 2 aromatic carbocycles.